The van der Waals surface area contributed by atoms with Crippen LogP contribution < -0.4 is 5.32 Å². The lowest BCUT2D eigenvalue weighted by Crippen LogP contribution is -2.17. The Morgan fingerprint density at radius 1 is 1.86 bits per heavy atom. The molecule has 1 rings (SSSR count). The first-order valence-corrected chi connectivity index (χ1v) is 2.73. The monoisotopic (exact) mass is 100 g/mol. The quantitative estimate of drug-likeness (QED) is 0.486. The molecule has 0 bridgehead atoms. The van der Waals surface area contributed by atoms with Crippen LogP contribution in [0.4, 0.5) is 0 Å². The SMILES string of the molecule is CNCN1CC1C. The summed E-state index contributed by atoms with van der Waals surface area (Å²) in [5.41, 5.74) is 0. The molecule has 0 radical (unpaired) electrons. The van der Waals surface area contributed by atoms with Crippen molar-refractivity contribution in [3.63, 3.8) is 0 Å². The highest BCUT2D eigenvalue weighted by Crippen LogP contribution is 2.12. The van der Waals surface area contributed by atoms with Gasteiger partial charge in [-0.25, -0.2) is 0 Å². The van der Waals surface area contributed by atoms with Gasteiger partial charge in [0.2, 0.25) is 0 Å². The van der Waals surface area contributed by atoms with Crippen LogP contribution in [0.25, 0.3) is 0 Å². The van der Waals surface area contributed by atoms with E-state index in [0.29, 0.717) is 0 Å². The van der Waals surface area contributed by atoms with Crippen molar-refractivity contribution >= 4 is 0 Å². The second-order valence-electron chi connectivity index (χ2n) is 2.13. The van der Waals surface area contributed by atoms with Gasteiger partial charge in [-0.3, -0.25) is 4.90 Å². The van der Waals surface area contributed by atoms with Gasteiger partial charge in [-0.2, -0.15) is 0 Å². The van der Waals surface area contributed by atoms with Gasteiger partial charge in [-0.05, 0) is 14.0 Å². The van der Waals surface area contributed by atoms with E-state index in [0.717, 1.165) is 12.7 Å². The molecule has 0 saturated carbocycles. The van der Waals surface area contributed by atoms with E-state index in [2.05, 4.69) is 17.1 Å². The predicted molar refractivity (Wildman–Crippen MR) is 30.1 cm³/mol. The molecule has 1 N–H and O–H groups in total. The molecule has 2 heteroatoms. The Balaban J connectivity index is 1.98. The summed E-state index contributed by atoms with van der Waals surface area (Å²) in [4.78, 5) is 2.36. The van der Waals surface area contributed by atoms with E-state index in [1.54, 1.807) is 0 Å². The first-order valence-electron chi connectivity index (χ1n) is 2.73. The molecule has 42 valence electrons. The van der Waals surface area contributed by atoms with Crippen LogP contribution in [-0.4, -0.2) is 31.2 Å². The van der Waals surface area contributed by atoms with Gasteiger partial charge in [-0.1, -0.05) is 0 Å². The molecule has 0 aliphatic carbocycles. The molecule has 1 aliphatic rings. The van der Waals surface area contributed by atoms with Crippen molar-refractivity contribution in [1.82, 2.24) is 10.2 Å². The van der Waals surface area contributed by atoms with Crippen molar-refractivity contribution in [3.8, 4) is 0 Å². The van der Waals surface area contributed by atoms with E-state index in [1.807, 2.05) is 7.05 Å². The van der Waals surface area contributed by atoms with Crippen molar-refractivity contribution < 1.29 is 0 Å². The Morgan fingerprint density at radius 2 is 2.43 bits per heavy atom. The summed E-state index contributed by atoms with van der Waals surface area (Å²) >= 11 is 0. The molecule has 1 aliphatic heterocycles. The van der Waals surface area contributed by atoms with Crippen LogP contribution in [0.15, 0.2) is 0 Å². The van der Waals surface area contributed by atoms with Crippen molar-refractivity contribution in [3.05, 3.63) is 0 Å². The number of rotatable bonds is 2. The van der Waals surface area contributed by atoms with E-state index in [9.17, 15) is 0 Å². The maximum Gasteiger partial charge on any atom is 0.0481 e. The summed E-state index contributed by atoms with van der Waals surface area (Å²) in [7, 11) is 1.98. The number of nitrogens with one attached hydrogen (secondary N) is 1. The molecule has 0 aromatic heterocycles. The molecular weight excluding hydrogens is 88.1 g/mol. The molecule has 1 heterocycles. The van der Waals surface area contributed by atoms with Crippen molar-refractivity contribution in [2.24, 2.45) is 0 Å². The summed E-state index contributed by atoms with van der Waals surface area (Å²) in [5.74, 6) is 0. The third-order valence-electron chi connectivity index (χ3n) is 1.35. The van der Waals surface area contributed by atoms with Gasteiger partial charge in [0.15, 0.2) is 0 Å². The summed E-state index contributed by atoms with van der Waals surface area (Å²) < 4.78 is 0. The Labute approximate surface area is 44.5 Å². The lowest BCUT2D eigenvalue weighted by Gasteiger charge is -1.95. The summed E-state index contributed by atoms with van der Waals surface area (Å²) in [6.07, 6.45) is 0. The standard InChI is InChI=1S/C5H12N2/c1-5-3-7(5)4-6-2/h5-6H,3-4H2,1-2H3. The highest BCUT2D eigenvalue weighted by Gasteiger charge is 2.26. The Kier molecular flexibility index (Phi) is 1.30. The molecule has 0 aromatic carbocycles. The molecule has 2 atom stereocenters. The second kappa shape index (κ2) is 1.80. The van der Waals surface area contributed by atoms with Gasteiger partial charge in [0.25, 0.3) is 0 Å². The summed E-state index contributed by atoms with van der Waals surface area (Å²) in [6.45, 7) is 4.57. The van der Waals surface area contributed by atoms with Crippen LogP contribution >= 0.6 is 0 Å². The van der Waals surface area contributed by atoms with Crippen LogP contribution in [0.2, 0.25) is 0 Å². The Morgan fingerprint density at radius 3 is 2.57 bits per heavy atom. The number of hydrogen-bond acceptors (Lipinski definition) is 2. The zero-order chi connectivity index (χ0) is 5.28. The molecular formula is C5H12N2. The van der Waals surface area contributed by atoms with Crippen molar-refractivity contribution in [1.29, 1.82) is 0 Å². The van der Waals surface area contributed by atoms with Gasteiger partial charge in [0, 0.05) is 19.3 Å². The predicted octanol–water partition coefficient (Wildman–Crippen LogP) is -0.133. The molecule has 0 amide bonds. The van der Waals surface area contributed by atoms with Gasteiger partial charge in [-0.15, -0.1) is 0 Å². The summed E-state index contributed by atoms with van der Waals surface area (Å²) in [6, 6.07) is 0.840. The molecule has 2 nitrogen and oxygen atoms in total. The largest absolute Gasteiger partial charge is 0.307 e. The van der Waals surface area contributed by atoms with E-state index in [4.69, 9.17) is 0 Å². The maximum absolute atomic E-state index is 3.09. The minimum atomic E-state index is 0.840. The zero-order valence-corrected chi connectivity index (χ0v) is 4.94. The van der Waals surface area contributed by atoms with Crippen LogP contribution in [0.5, 0.6) is 0 Å². The zero-order valence-electron chi connectivity index (χ0n) is 4.94. The van der Waals surface area contributed by atoms with Crippen molar-refractivity contribution in [2.45, 2.75) is 13.0 Å². The molecule has 1 saturated heterocycles. The maximum atomic E-state index is 3.09. The summed E-state index contributed by atoms with van der Waals surface area (Å²) in [5, 5.41) is 3.09. The van der Waals surface area contributed by atoms with Crippen LogP contribution in [-0.2, 0) is 0 Å². The average Bonchev–Trinajstić information content (AvgIpc) is 2.22. The van der Waals surface area contributed by atoms with E-state index >= 15 is 0 Å². The van der Waals surface area contributed by atoms with Gasteiger partial charge < -0.3 is 5.32 Å². The van der Waals surface area contributed by atoms with Crippen LogP contribution in [0, 0.1) is 0 Å². The average molecular weight is 100 g/mol. The Hall–Kier alpha value is -0.0800. The number of nitrogens with zero attached hydrogens (tertiary/aromatic N) is 1. The van der Waals surface area contributed by atoms with Crippen LogP contribution in [0.3, 0.4) is 0 Å². The highest BCUT2D eigenvalue weighted by molar-refractivity contribution is 4.82. The minimum absolute atomic E-state index is 0.840. The minimum Gasteiger partial charge on any atom is -0.307 e. The van der Waals surface area contributed by atoms with Gasteiger partial charge in [0.1, 0.15) is 0 Å². The fraction of sp³-hybridized carbons (Fsp3) is 1.00. The molecule has 2 unspecified atom stereocenters. The van der Waals surface area contributed by atoms with E-state index in [-0.39, 0.29) is 0 Å². The first-order chi connectivity index (χ1) is 3.34. The molecule has 0 aromatic rings. The second-order valence-corrected chi connectivity index (χ2v) is 2.13. The normalized spacial score (nSPS) is 38.6. The fourth-order valence-corrected chi connectivity index (χ4v) is 0.716. The molecule has 0 spiro atoms. The molecule has 7 heavy (non-hydrogen) atoms. The Bertz CT molecular complexity index is 63.1. The fourth-order valence-electron chi connectivity index (χ4n) is 0.716. The van der Waals surface area contributed by atoms with Crippen LogP contribution in [0.1, 0.15) is 6.92 Å². The number of hydrogen-bond donors (Lipinski definition) is 1. The first kappa shape index (κ1) is 5.06. The topological polar surface area (TPSA) is 15.0 Å². The highest BCUT2D eigenvalue weighted by atomic mass is 15.3. The smallest absolute Gasteiger partial charge is 0.0481 e. The van der Waals surface area contributed by atoms with E-state index < -0.39 is 0 Å². The lowest BCUT2D eigenvalue weighted by atomic mass is 10.6. The molecule has 1 fully saturated rings. The van der Waals surface area contributed by atoms with E-state index in [1.165, 1.54) is 6.54 Å². The van der Waals surface area contributed by atoms with Gasteiger partial charge in [0.05, 0.1) is 0 Å². The van der Waals surface area contributed by atoms with Gasteiger partial charge >= 0.3 is 0 Å². The third-order valence-corrected chi connectivity index (χ3v) is 1.35. The third kappa shape index (κ3) is 1.14. The lowest BCUT2D eigenvalue weighted by molar-refractivity contribution is 0.482. The van der Waals surface area contributed by atoms with Crippen molar-refractivity contribution in [2.75, 3.05) is 20.3 Å².